The molecule has 0 saturated heterocycles. The van der Waals surface area contributed by atoms with Crippen LogP contribution >= 0.6 is 0 Å². The maximum Gasteiger partial charge on any atom is 0.500 e. The van der Waals surface area contributed by atoms with Crippen molar-refractivity contribution in [3.63, 3.8) is 0 Å². The quantitative estimate of drug-likeness (QED) is 0.651. The molecule has 0 saturated carbocycles. The summed E-state index contributed by atoms with van der Waals surface area (Å²) in [5, 5.41) is 2.14. The third-order valence-electron chi connectivity index (χ3n) is 2.54. The van der Waals surface area contributed by atoms with Crippen molar-refractivity contribution in [1.82, 2.24) is 10.4 Å². The van der Waals surface area contributed by atoms with E-state index in [2.05, 4.69) is 16.5 Å². The molecule has 0 spiro atoms. The minimum atomic E-state index is -2.36. The fourth-order valence-corrected chi connectivity index (χ4v) is 3.29. The highest BCUT2D eigenvalue weighted by Crippen LogP contribution is 2.15. The van der Waals surface area contributed by atoms with Gasteiger partial charge in [-0.25, -0.2) is 5.01 Å². The van der Waals surface area contributed by atoms with E-state index in [0.717, 1.165) is 25.6 Å². The van der Waals surface area contributed by atoms with E-state index < -0.39 is 8.80 Å². The highest BCUT2D eigenvalue weighted by molar-refractivity contribution is 6.60. The van der Waals surface area contributed by atoms with E-state index in [9.17, 15) is 0 Å². The number of nitrogens with one attached hydrogen (secondary N) is 1. The van der Waals surface area contributed by atoms with Crippen molar-refractivity contribution in [3.8, 4) is 0 Å². The Morgan fingerprint density at radius 2 is 1.93 bits per heavy atom. The SMILES string of the molecule is CO[Si](CCCN1CC=CN1)(OC)OC. The summed E-state index contributed by atoms with van der Waals surface area (Å²) < 4.78 is 16.0. The minimum absolute atomic E-state index is 0.842. The van der Waals surface area contributed by atoms with Gasteiger partial charge in [-0.1, -0.05) is 6.08 Å². The van der Waals surface area contributed by atoms with Crippen LogP contribution in [0.25, 0.3) is 0 Å². The number of nitrogens with zero attached hydrogens (tertiary/aromatic N) is 1. The molecular formula is C9H20N2O3Si. The average Bonchev–Trinajstić information content (AvgIpc) is 2.78. The van der Waals surface area contributed by atoms with Gasteiger partial charge in [0.05, 0.1) is 0 Å². The van der Waals surface area contributed by atoms with Gasteiger partial charge in [0.25, 0.3) is 0 Å². The molecule has 15 heavy (non-hydrogen) atoms. The molecule has 88 valence electrons. The van der Waals surface area contributed by atoms with Crippen LogP contribution in [0, 0.1) is 0 Å². The van der Waals surface area contributed by atoms with Crippen molar-refractivity contribution in [2.75, 3.05) is 34.4 Å². The second-order valence-corrected chi connectivity index (χ2v) is 6.47. The van der Waals surface area contributed by atoms with Crippen molar-refractivity contribution >= 4 is 8.80 Å². The fourth-order valence-electron chi connectivity index (χ4n) is 1.59. The lowest BCUT2D eigenvalue weighted by Gasteiger charge is -2.25. The molecule has 0 aromatic heterocycles. The Bertz CT molecular complexity index is 193. The summed E-state index contributed by atoms with van der Waals surface area (Å²) >= 11 is 0. The zero-order valence-electron chi connectivity index (χ0n) is 9.66. The van der Waals surface area contributed by atoms with Crippen LogP contribution in [-0.2, 0) is 13.3 Å². The molecule has 0 aromatic rings. The Labute approximate surface area is 92.3 Å². The van der Waals surface area contributed by atoms with E-state index in [4.69, 9.17) is 13.3 Å². The summed E-state index contributed by atoms with van der Waals surface area (Å²) in [7, 11) is 2.58. The molecular weight excluding hydrogens is 212 g/mol. The van der Waals surface area contributed by atoms with Gasteiger partial charge in [0.1, 0.15) is 0 Å². The maximum absolute atomic E-state index is 5.34. The second-order valence-electron chi connectivity index (χ2n) is 3.38. The van der Waals surface area contributed by atoms with E-state index in [1.54, 1.807) is 21.3 Å². The summed E-state index contributed by atoms with van der Waals surface area (Å²) in [6.07, 6.45) is 5.04. The lowest BCUT2D eigenvalue weighted by Crippen LogP contribution is -2.43. The van der Waals surface area contributed by atoms with Gasteiger partial charge in [0, 0.05) is 46.7 Å². The molecule has 0 radical (unpaired) electrons. The lowest BCUT2D eigenvalue weighted by atomic mass is 10.4. The van der Waals surface area contributed by atoms with Crippen molar-refractivity contribution in [1.29, 1.82) is 0 Å². The Morgan fingerprint density at radius 3 is 2.40 bits per heavy atom. The summed E-state index contributed by atoms with van der Waals surface area (Å²) in [5.74, 6) is 0. The molecule has 6 heteroatoms. The normalized spacial score (nSPS) is 17.0. The Balaban J connectivity index is 2.21. The first-order chi connectivity index (χ1) is 7.26. The molecule has 0 unspecified atom stereocenters. The smallest absolute Gasteiger partial charge is 0.377 e. The maximum atomic E-state index is 5.34. The van der Waals surface area contributed by atoms with Crippen molar-refractivity contribution in [2.24, 2.45) is 0 Å². The topological polar surface area (TPSA) is 43.0 Å². The van der Waals surface area contributed by atoms with Crippen LogP contribution in [-0.4, -0.2) is 48.2 Å². The van der Waals surface area contributed by atoms with Gasteiger partial charge in [-0.15, -0.1) is 0 Å². The van der Waals surface area contributed by atoms with Crippen LogP contribution in [0.5, 0.6) is 0 Å². The summed E-state index contributed by atoms with van der Waals surface area (Å²) in [6.45, 7) is 1.93. The second kappa shape index (κ2) is 6.24. The van der Waals surface area contributed by atoms with Gasteiger partial charge in [-0.2, -0.15) is 0 Å². The van der Waals surface area contributed by atoms with Gasteiger partial charge in [0.2, 0.25) is 0 Å². The van der Waals surface area contributed by atoms with Crippen LogP contribution in [0.2, 0.25) is 6.04 Å². The van der Waals surface area contributed by atoms with Gasteiger partial charge in [-0.3, -0.25) is 0 Å². The molecule has 0 atom stereocenters. The number of hydrogen-bond donors (Lipinski definition) is 1. The van der Waals surface area contributed by atoms with Crippen LogP contribution in [0.4, 0.5) is 0 Å². The number of rotatable bonds is 7. The molecule has 1 aliphatic heterocycles. The van der Waals surface area contributed by atoms with Crippen LogP contribution in [0.15, 0.2) is 12.3 Å². The molecule has 1 aliphatic rings. The molecule has 0 amide bonds. The summed E-state index contributed by atoms with van der Waals surface area (Å²) in [5.41, 5.74) is 3.14. The summed E-state index contributed by atoms with van der Waals surface area (Å²) in [4.78, 5) is 0. The van der Waals surface area contributed by atoms with E-state index in [-0.39, 0.29) is 0 Å². The fraction of sp³-hybridized carbons (Fsp3) is 0.778. The largest absolute Gasteiger partial charge is 0.500 e. The zero-order chi connectivity index (χ0) is 11.1. The van der Waals surface area contributed by atoms with E-state index in [1.807, 2.05) is 6.20 Å². The number of hydrazine groups is 1. The van der Waals surface area contributed by atoms with Crippen LogP contribution < -0.4 is 5.43 Å². The molecule has 0 bridgehead atoms. The first-order valence-corrected chi connectivity index (χ1v) is 7.01. The predicted octanol–water partition coefficient (Wildman–Crippen LogP) is 0.588. The lowest BCUT2D eigenvalue weighted by molar-refractivity contribution is 0.121. The molecule has 0 fully saturated rings. The monoisotopic (exact) mass is 232 g/mol. The third kappa shape index (κ3) is 3.58. The molecule has 1 N–H and O–H groups in total. The molecule has 0 aliphatic carbocycles. The van der Waals surface area contributed by atoms with E-state index in [0.29, 0.717) is 0 Å². The van der Waals surface area contributed by atoms with Crippen molar-refractivity contribution < 1.29 is 13.3 Å². The highest BCUT2D eigenvalue weighted by atomic mass is 28.4. The van der Waals surface area contributed by atoms with Crippen LogP contribution in [0.1, 0.15) is 6.42 Å². The van der Waals surface area contributed by atoms with Crippen LogP contribution in [0.3, 0.4) is 0 Å². The van der Waals surface area contributed by atoms with E-state index >= 15 is 0 Å². The molecule has 1 rings (SSSR count). The molecule has 0 aromatic carbocycles. The van der Waals surface area contributed by atoms with Gasteiger partial charge in [-0.05, 0) is 6.42 Å². The van der Waals surface area contributed by atoms with Crippen molar-refractivity contribution in [2.45, 2.75) is 12.5 Å². The third-order valence-corrected chi connectivity index (χ3v) is 5.38. The summed E-state index contributed by atoms with van der Waals surface area (Å²) in [6, 6.07) is 0.842. The zero-order valence-corrected chi connectivity index (χ0v) is 10.7. The predicted molar refractivity (Wildman–Crippen MR) is 60.1 cm³/mol. The highest BCUT2D eigenvalue weighted by Gasteiger charge is 2.37. The first kappa shape index (κ1) is 12.7. The van der Waals surface area contributed by atoms with Crippen molar-refractivity contribution in [3.05, 3.63) is 12.3 Å². The standard InChI is InChI=1S/C9H20N2O3Si/c1-12-15(13-2,14-3)9-5-8-11-7-4-6-10-11/h4,6,10H,5,7-9H2,1-3H3. The molecule has 1 heterocycles. The average molecular weight is 232 g/mol. The molecule has 5 nitrogen and oxygen atoms in total. The Morgan fingerprint density at radius 1 is 1.27 bits per heavy atom. The Hall–Kier alpha value is -0.403. The van der Waals surface area contributed by atoms with Gasteiger partial charge >= 0.3 is 8.80 Å². The Kier molecular flexibility index (Phi) is 5.27. The first-order valence-electron chi connectivity index (χ1n) is 5.08. The van der Waals surface area contributed by atoms with E-state index in [1.165, 1.54) is 0 Å². The van der Waals surface area contributed by atoms with Gasteiger partial charge in [0.15, 0.2) is 0 Å². The number of hydrogen-bond acceptors (Lipinski definition) is 5. The minimum Gasteiger partial charge on any atom is -0.377 e. The van der Waals surface area contributed by atoms with Gasteiger partial charge < -0.3 is 18.7 Å².